The van der Waals surface area contributed by atoms with Crippen LogP contribution in [0.4, 0.5) is 0 Å². The van der Waals surface area contributed by atoms with E-state index in [1.165, 1.54) is 0 Å². The highest BCUT2D eigenvalue weighted by atomic mass is 35.5. The Morgan fingerprint density at radius 3 is 3.00 bits per heavy atom. The molecule has 0 amide bonds. The van der Waals surface area contributed by atoms with Crippen LogP contribution < -0.4 is 0 Å². The molecule has 1 atom stereocenters. The van der Waals surface area contributed by atoms with Crippen molar-refractivity contribution in [1.82, 2.24) is 4.98 Å². The van der Waals surface area contributed by atoms with E-state index in [0.717, 1.165) is 11.4 Å². The number of hydrogen-bond acceptors (Lipinski definition) is 3. The first kappa shape index (κ1) is 10.8. The van der Waals surface area contributed by atoms with Gasteiger partial charge in [0.2, 0.25) is 0 Å². The predicted molar refractivity (Wildman–Crippen MR) is 57.1 cm³/mol. The van der Waals surface area contributed by atoms with Crippen LogP contribution in [0.25, 0.3) is 0 Å². The van der Waals surface area contributed by atoms with E-state index in [4.69, 9.17) is 16.7 Å². The SMILES string of the molecule is CC(CO)SCc1cccc(Cl)n1. The molecule has 0 saturated heterocycles. The third-order valence-corrected chi connectivity index (χ3v) is 2.94. The van der Waals surface area contributed by atoms with Crippen molar-refractivity contribution in [3.8, 4) is 0 Å². The Morgan fingerprint density at radius 2 is 2.38 bits per heavy atom. The first-order chi connectivity index (χ1) is 6.22. The minimum atomic E-state index is 0.200. The molecule has 13 heavy (non-hydrogen) atoms. The zero-order valence-corrected chi connectivity index (χ0v) is 8.98. The van der Waals surface area contributed by atoms with Crippen molar-refractivity contribution in [2.45, 2.75) is 17.9 Å². The van der Waals surface area contributed by atoms with Gasteiger partial charge in [-0.1, -0.05) is 24.6 Å². The number of aliphatic hydroxyl groups is 1. The van der Waals surface area contributed by atoms with Crippen molar-refractivity contribution < 1.29 is 5.11 Å². The molecular formula is C9H12ClNOS. The number of halogens is 1. The van der Waals surface area contributed by atoms with Crippen LogP contribution >= 0.6 is 23.4 Å². The van der Waals surface area contributed by atoms with Gasteiger partial charge in [-0.05, 0) is 12.1 Å². The molecule has 1 aromatic heterocycles. The summed E-state index contributed by atoms with van der Waals surface area (Å²) < 4.78 is 0. The monoisotopic (exact) mass is 217 g/mol. The Morgan fingerprint density at radius 1 is 1.62 bits per heavy atom. The highest BCUT2D eigenvalue weighted by Crippen LogP contribution is 2.16. The molecule has 0 bridgehead atoms. The quantitative estimate of drug-likeness (QED) is 0.787. The van der Waals surface area contributed by atoms with E-state index in [1.807, 2.05) is 19.1 Å². The van der Waals surface area contributed by atoms with E-state index in [-0.39, 0.29) is 11.9 Å². The molecule has 0 radical (unpaired) electrons. The fourth-order valence-electron chi connectivity index (χ4n) is 0.811. The maximum absolute atomic E-state index is 8.80. The first-order valence-corrected chi connectivity index (χ1v) is 5.49. The van der Waals surface area contributed by atoms with Crippen LogP contribution in [-0.4, -0.2) is 21.9 Å². The van der Waals surface area contributed by atoms with Gasteiger partial charge in [-0.25, -0.2) is 4.98 Å². The molecule has 0 aliphatic rings. The molecule has 72 valence electrons. The summed E-state index contributed by atoms with van der Waals surface area (Å²) in [7, 11) is 0. The van der Waals surface area contributed by atoms with Crippen LogP contribution in [0.5, 0.6) is 0 Å². The van der Waals surface area contributed by atoms with Gasteiger partial charge in [0.15, 0.2) is 0 Å². The summed E-state index contributed by atoms with van der Waals surface area (Å²) in [6, 6.07) is 5.57. The van der Waals surface area contributed by atoms with Crippen molar-refractivity contribution in [3.05, 3.63) is 29.0 Å². The van der Waals surface area contributed by atoms with Gasteiger partial charge in [0.25, 0.3) is 0 Å². The van der Waals surface area contributed by atoms with Gasteiger partial charge in [0.05, 0.1) is 12.3 Å². The van der Waals surface area contributed by atoms with Crippen LogP contribution in [0.2, 0.25) is 5.15 Å². The summed E-state index contributed by atoms with van der Waals surface area (Å²) in [6.45, 7) is 2.18. The third kappa shape index (κ3) is 3.98. The Kier molecular flexibility index (Phi) is 4.56. The zero-order chi connectivity index (χ0) is 9.68. The summed E-state index contributed by atoms with van der Waals surface area (Å²) >= 11 is 7.39. The van der Waals surface area contributed by atoms with E-state index in [9.17, 15) is 0 Å². The van der Waals surface area contributed by atoms with Gasteiger partial charge in [0.1, 0.15) is 5.15 Å². The van der Waals surface area contributed by atoms with Crippen molar-refractivity contribution in [3.63, 3.8) is 0 Å². The molecule has 2 nitrogen and oxygen atoms in total. The highest BCUT2D eigenvalue weighted by molar-refractivity contribution is 7.99. The largest absolute Gasteiger partial charge is 0.395 e. The molecule has 1 N–H and O–H groups in total. The number of thioether (sulfide) groups is 1. The summed E-state index contributed by atoms with van der Waals surface area (Å²) in [4.78, 5) is 4.14. The maximum atomic E-state index is 8.80. The van der Waals surface area contributed by atoms with Gasteiger partial charge in [-0.3, -0.25) is 0 Å². The van der Waals surface area contributed by atoms with E-state index in [1.54, 1.807) is 17.8 Å². The molecule has 0 aliphatic heterocycles. The second kappa shape index (κ2) is 5.47. The van der Waals surface area contributed by atoms with Gasteiger partial charge in [-0.2, -0.15) is 11.8 Å². The van der Waals surface area contributed by atoms with E-state index in [0.29, 0.717) is 5.15 Å². The van der Waals surface area contributed by atoms with Crippen molar-refractivity contribution >= 4 is 23.4 Å². The molecule has 1 rings (SSSR count). The number of hydrogen-bond donors (Lipinski definition) is 1. The Labute approximate surface area is 87.3 Å². The normalized spacial score (nSPS) is 12.8. The Bertz CT molecular complexity index is 270. The second-order valence-electron chi connectivity index (χ2n) is 2.76. The van der Waals surface area contributed by atoms with Crippen LogP contribution in [0.3, 0.4) is 0 Å². The van der Waals surface area contributed by atoms with Crippen molar-refractivity contribution in [2.75, 3.05) is 6.61 Å². The standard InChI is InChI=1S/C9H12ClNOS/c1-7(5-12)13-6-8-3-2-4-9(10)11-8/h2-4,7,12H,5-6H2,1H3. The van der Waals surface area contributed by atoms with E-state index < -0.39 is 0 Å². The summed E-state index contributed by atoms with van der Waals surface area (Å²) in [5, 5.41) is 9.57. The number of rotatable bonds is 4. The third-order valence-electron chi connectivity index (χ3n) is 1.55. The van der Waals surface area contributed by atoms with Crippen LogP contribution in [-0.2, 0) is 5.75 Å². The summed E-state index contributed by atoms with van der Waals surface area (Å²) in [5.41, 5.74) is 0.956. The predicted octanol–water partition coefficient (Wildman–Crippen LogP) is 2.35. The second-order valence-corrected chi connectivity index (χ2v) is 4.57. The molecule has 0 spiro atoms. The van der Waals surface area contributed by atoms with Gasteiger partial charge >= 0.3 is 0 Å². The lowest BCUT2D eigenvalue weighted by Crippen LogP contribution is -2.02. The highest BCUT2D eigenvalue weighted by Gasteiger charge is 2.01. The lowest BCUT2D eigenvalue weighted by Gasteiger charge is -2.06. The number of pyridine rings is 1. The maximum Gasteiger partial charge on any atom is 0.129 e. The molecule has 0 aromatic carbocycles. The van der Waals surface area contributed by atoms with Crippen molar-refractivity contribution in [2.24, 2.45) is 0 Å². The summed E-state index contributed by atoms with van der Waals surface area (Å²) in [6.07, 6.45) is 0. The fraction of sp³-hybridized carbons (Fsp3) is 0.444. The number of aromatic nitrogens is 1. The lowest BCUT2D eigenvalue weighted by molar-refractivity contribution is 0.300. The molecule has 0 saturated carbocycles. The van der Waals surface area contributed by atoms with Crippen LogP contribution in [0.1, 0.15) is 12.6 Å². The lowest BCUT2D eigenvalue weighted by atomic mass is 10.4. The molecular weight excluding hydrogens is 206 g/mol. The van der Waals surface area contributed by atoms with Gasteiger partial charge in [0, 0.05) is 11.0 Å². The number of nitrogens with zero attached hydrogens (tertiary/aromatic N) is 1. The topological polar surface area (TPSA) is 33.1 Å². The minimum absolute atomic E-state index is 0.200. The Balaban J connectivity index is 2.45. The average Bonchev–Trinajstić information content (AvgIpc) is 2.14. The smallest absolute Gasteiger partial charge is 0.129 e. The molecule has 0 aliphatic carbocycles. The first-order valence-electron chi connectivity index (χ1n) is 4.06. The molecule has 1 heterocycles. The van der Waals surface area contributed by atoms with Gasteiger partial charge < -0.3 is 5.11 Å². The zero-order valence-electron chi connectivity index (χ0n) is 7.40. The average molecular weight is 218 g/mol. The van der Waals surface area contributed by atoms with Crippen LogP contribution in [0.15, 0.2) is 18.2 Å². The number of aliphatic hydroxyl groups excluding tert-OH is 1. The molecule has 1 unspecified atom stereocenters. The molecule has 0 fully saturated rings. The Hall–Kier alpha value is -0.250. The van der Waals surface area contributed by atoms with Crippen molar-refractivity contribution in [1.29, 1.82) is 0 Å². The molecule has 4 heteroatoms. The fourth-order valence-corrected chi connectivity index (χ4v) is 1.71. The van der Waals surface area contributed by atoms with Gasteiger partial charge in [-0.15, -0.1) is 0 Å². The minimum Gasteiger partial charge on any atom is -0.395 e. The van der Waals surface area contributed by atoms with E-state index in [2.05, 4.69) is 4.98 Å². The van der Waals surface area contributed by atoms with Crippen LogP contribution in [0, 0.1) is 0 Å². The van der Waals surface area contributed by atoms with E-state index >= 15 is 0 Å². The summed E-state index contributed by atoms with van der Waals surface area (Å²) in [5.74, 6) is 0.794. The molecule has 1 aromatic rings.